The van der Waals surface area contributed by atoms with Gasteiger partial charge in [0.1, 0.15) is 0 Å². The summed E-state index contributed by atoms with van der Waals surface area (Å²) in [6.07, 6.45) is 8.45. The Morgan fingerprint density at radius 3 is 2.65 bits per heavy atom. The first kappa shape index (κ1) is 18.1. The van der Waals surface area contributed by atoms with E-state index in [1.54, 1.807) is 0 Å². The van der Waals surface area contributed by atoms with Crippen molar-refractivity contribution in [1.82, 2.24) is 4.90 Å². The van der Waals surface area contributed by atoms with Gasteiger partial charge in [-0.15, -0.1) is 0 Å². The monoisotopic (exact) mass is 376 g/mol. The fourth-order valence-electron chi connectivity index (χ4n) is 5.31. The molecule has 2 heterocycles. The van der Waals surface area contributed by atoms with Gasteiger partial charge >= 0.3 is 0 Å². The van der Waals surface area contributed by atoms with Crippen LogP contribution in [0.15, 0.2) is 18.2 Å². The molecule has 1 spiro atoms. The second kappa shape index (κ2) is 7.40. The van der Waals surface area contributed by atoms with E-state index in [4.69, 9.17) is 16.3 Å². The summed E-state index contributed by atoms with van der Waals surface area (Å²) in [6, 6.07) is 5.83. The van der Waals surface area contributed by atoms with Crippen LogP contribution in [0.2, 0.25) is 5.02 Å². The predicted molar refractivity (Wildman–Crippen MR) is 105 cm³/mol. The zero-order valence-electron chi connectivity index (χ0n) is 15.7. The summed E-state index contributed by atoms with van der Waals surface area (Å²) >= 11 is 6.53. The summed E-state index contributed by atoms with van der Waals surface area (Å²) in [4.78, 5) is 17.5. The molecule has 0 unspecified atom stereocenters. The van der Waals surface area contributed by atoms with E-state index in [-0.39, 0.29) is 11.3 Å². The zero-order chi connectivity index (χ0) is 18.1. The van der Waals surface area contributed by atoms with Crippen LogP contribution in [-0.2, 0) is 4.74 Å². The largest absolute Gasteiger partial charge is 0.381 e. The van der Waals surface area contributed by atoms with E-state index in [0.29, 0.717) is 16.7 Å². The molecule has 142 valence electrons. The highest BCUT2D eigenvalue weighted by molar-refractivity contribution is 6.33. The second-order valence-corrected chi connectivity index (χ2v) is 8.58. The van der Waals surface area contributed by atoms with Gasteiger partial charge in [-0.2, -0.15) is 0 Å². The van der Waals surface area contributed by atoms with Crippen LogP contribution in [0.25, 0.3) is 0 Å². The van der Waals surface area contributed by atoms with Crippen molar-refractivity contribution in [1.29, 1.82) is 0 Å². The highest BCUT2D eigenvalue weighted by Crippen LogP contribution is 2.46. The van der Waals surface area contributed by atoms with Gasteiger partial charge in [0.05, 0.1) is 16.8 Å². The van der Waals surface area contributed by atoms with E-state index in [2.05, 4.69) is 4.90 Å². The maximum Gasteiger partial charge on any atom is 0.253 e. The Labute approximate surface area is 161 Å². The lowest BCUT2D eigenvalue weighted by Gasteiger charge is -2.43. The zero-order valence-corrected chi connectivity index (χ0v) is 16.4. The first-order valence-corrected chi connectivity index (χ1v) is 10.4. The van der Waals surface area contributed by atoms with Crippen molar-refractivity contribution in [2.75, 3.05) is 38.2 Å². The molecular weight excluding hydrogens is 348 g/mol. The molecule has 0 bridgehead atoms. The molecule has 3 aliphatic rings. The fourth-order valence-corrected chi connectivity index (χ4v) is 5.61. The van der Waals surface area contributed by atoms with Crippen LogP contribution in [0.4, 0.5) is 5.69 Å². The average molecular weight is 377 g/mol. The van der Waals surface area contributed by atoms with Crippen LogP contribution < -0.4 is 4.90 Å². The number of methoxy groups -OCH3 is 1. The molecule has 2 aliphatic heterocycles. The van der Waals surface area contributed by atoms with Crippen molar-refractivity contribution in [3.05, 3.63) is 28.8 Å². The molecule has 2 saturated heterocycles. The standard InChI is InChI=1S/C21H29ClN2O2/c1-26-19-6-4-9-21(19)10-5-13-24(15-21)20(25)16-7-8-18(17(22)14-16)23-11-2-3-12-23/h7-8,14,19H,2-6,9-13,15H2,1H3/t19-,21+/m1/s1. The first-order valence-electron chi connectivity index (χ1n) is 9.99. The summed E-state index contributed by atoms with van der Waals surface area (Å²) in [5, 5.41) is 0.695. The third kappa shape index (κ3) is 3.22. The predicted octanol–water partition coefficient (Wildman–Crippen LogP) is 4.36. The molecule has 1 aromatic rings. The molecule has 1 amide bonds. The molecule has 0 N–H and O–H groups in total. The van der Waals surface area contributed by atoms with E-state index in [1.165, 1.54) is 32.1 Å². The molecular formula is C21H29ClN2O2. The smallest absolute Gasteiger partial charge is 0.253 e. The van der Waals surface area contributed by atoms with Gasteiger partial charge in [-0.05, 0) is 56.7 Å². The van der Waals surface area contributed by atoms with E-state index >= 15 is 0 Å². The number of benzene rings is 1. The summed E-state index contributed by atoms with van der Waals surface area (Å²) in [5.74, 6) is 0.112. The molecule has 3 fully saturated rings. The molecule has 2 atom stereocenters. The highest BCUT2D eigenvalue weighted by Gasteiger charge is 2.46. The van der Waals surface area contributed by atoms with E-state index in [0.717, 1.165) is 44.7 Å². The maximum atomic E-state index is 13.1. The molecule has 1 saturated carbocycles. The van der Waals surface area contributed by atoms with Gasteiger partial charge in [-0.1, -0.05) is 18.0 Å². The molecule has 4 rings (SSSR count). The highest BCUT2D eigenvalue weighted by atomic mass is 35.5. The van der Waals surface area contributed by atoms with Crippen molar-refractivity contribution in [2.24, 2.45) is 5.41 Å². The van der Waals surface area contributed by atoms with Gasteiger partial charge in [0.2, 0.25) is 0 Å². The lowest BCUT2D eigenvalue weighted by atomic mass is 9.76. The molecule has 5 heteroatoms. The summed E-state index contributed by atoms with van der Waals surface area (Å²) in [7, 11) is 1.81. The van der Waals surface area contributed by atoms with Crippen molar-refractivity contribution in [3.8, 4) is 0 Å². The Morgan fingerprint density at radius 2 is 1.92 bits per heavy atom. The Kier molecular flexibility index (Phi) is 5.15. The minimum absolute atomic E-state index is 0.112. The normalized spacial score (nSPS) is 28.9. The van der Waals surface area contributed by atoms with E-state index in [9.17, 15) is 4.79 Å². The number of anilines is 1. The molecule has 1 aromatic carbocycles. The van der Waals surface area contributed by atoms with Crippen LogP contribution in [0.5, 0.6) is 0 Å². The van der Waals surface area contributed by atoms with Gasteiger partial charge in [-0.25, -0.2) is 0 Å². The van der Waals surface area contributed by atoms with Crippen molar-refractivity contribution in [2.45, 2.75) is 51.0 Å². The third-order valence-electron chi connectivity index (χ3n) is 6.65. The number of rotatable bonds is 3. The van der Waals surface area contributed by atoms with Crippen LogP contribution in [-0.4, -0.2) is 50.2 Å². The van der Waals surface area contributed by atoms with Gasteiger partial charge in [-0.3, -0.25) is 4.79 Å². The first-order chi connectivity index (χ1) is 12.6. The van der Waals surface area contributed by atoms with Crippen molar-refractivity contribution in [3.63, 3.8) is 0 Å². The number of likely N-dealkylation sites (tertiary alicyclic amines) is 1. The minimum atomic E-state index is 0.112. The van der Waals surface area contributed by atoms with Crippen LogP contribution in [0.3, 0.4) is 0 Å². The second-order valence-electron chi connectivity index (χ2n) is 8.17. The van der Waals surface area contributed by atoms with Crippen molar-refractivity contribution >= 4 is 23.2 Å². The Hall–Kier alpha value is -1.26. The third-order valence-corrected chi connectivity index (χ3v) is 6.95. The molecule has 1 aliphatic carbocycles. The van der Waals surface area contributed by atoms with Crippen LogP contribution in [0, 0.1) is 5.41 Å². The minimum Gasteiger partial charge on any atom is -0.381 e. The van der Waals surface area contributed by atoms with Crippen LogP contribution >= 0.6 is 11.6 Å². The molecule has 0 radical (unpaired) electrons. The quantitative estimate of drug-likeness (QED) is 0.785. The number of halogens is 1. The number of nitrogens with zero attached hydrogens (tertiary/aromatic N) is 2. The van der Waals surface area contributed by atoms with Crippen molar-refractivity contribution < 1.29 is 9.53 Å². The summed E-state index contributed by atoms with van der Waals surface area (Å²) < 4.78 is 5.77. The lowest BCUT2D eigenvalue weighted by molar-refractivity contribution is -0.0295. The Bertz CT molecular complexity index is 674. The number of hydrogen-bond acceptors (Lipinski definition) is 3. The van der Waals surface area contributed by atoms with Crippen LogP contribution in [0.1, 0.15) is 55.3 Å². The Balaban J connectivity index is 1.51. The van der Waals surface area contributed by atoms with Gasteiger partial charge in [0.25, 0.3) is 5.91 Å². The number of carbonyl (C=O) groups is 1. The Morgan fingerprint density at radius 1 is 1.15 bits per heavy atom. The SMILES string of the molecule is CO[C@@H]1CCC[C@@]12CCCN(C(=O)c1ccc(N3CCCC3)c(Cl)c1)C2. The van der Waals surface area contributed by atoms with Gasteiger partial charge < -0.3 is 14.5 Å². The number of piperidine rings is 1. The fraction of sp³-hybridized carbons (Fsp3) is 0.667. The lowest BCUT2D eigenvalue weighted by Crippen LogP contribution is -2.49. The summed E-state index contributed by atoms with van der Waals surface area (Å²) in [5.41, 5.74) is 1.93. The molecule has 0 aromatic heterocycles. The summed E-state index contributed by atoms with van der Waals surface area (Å²) in [6.45, 7) is 3.76. The van der Waals surface area contributed by atoms with E-state index < -0.39 is 0 Å². The number of ether oxygens (including phenoxy) is 1. The molecule has 26 heavy (non-hydrogen) atoms. The topological polar surface area (TPSA) is 32.8 Å². The number of amides is 1. The van der Waals surface area contributed by atoms with Gasteiger partial charge in [0, 0.05) is 44.3 Å². The number of carbonyl (C=O) groups excluding carboxylic acids is 1. The van der Waals surface area contributed by atoms with E-state index in [1.807, 2.05) is 30.2 Å². The number of hydrogen-bond donors (Lipinski definition) is 0. The maximum absolute atomic E-state index is 13.1. The molecule has 4 nitrogen and oxygen atoms in total. The van der Waals surface area contributed by atoms with Gasteiger partial charge in [0.15, 0.2) is 0 Å². The average Bonchev–Trinajstić information content (AvgIpc) is 3.31.